The molecular weight excluding hydrogens is 351 g/mol. The number of carbonyl (C=O) groups is 2. The molecule has 2 aliphatic rings. The van der Waals surface area contributed by atoms with Crippen molar-refractivity contribution in [1.82, 2.24) is 10.2 Å². The van der Waals surface area contributed by atoms with Crippen LogP contribution < -0.4 is 10.1 Å². The summed E-state index contributed by atoms with van der Waals surface area (Å²) in [5.74, 6) is 0.781. The fourth-order valence-electron chi connectivity index (χ4n) is 2.84. The minimum Gasteiger partial charge on any atom is -0.482 e. The van der Waals surface area contributed by atoms with Gasteiger partial charge in [0.1, 0.15) is 5.75 Å². The Hall–Kier alpha value is -1.46. The first-order valence-corrected chi connectivity index (χ1v) is 8.94. The molecule has 1 aliphatic heterocycles. The molecule has 2 fully saturated rings. The Morgan fingerprint density at radius 2 is 1.88 bits per heavy atom. The zero-order chi connectivity index (χ0) is 17.1. The van der Waals surface area contributed by atoms with Crippen LogP contribution in [0.25, 0.3) is 0 Å². The van der Waals surface area contributed by atoms with Gasteiger partial charge in [0, 0.05) is 30.1 Å². The third kappa shape index (κ3) is 4.54. The summed E-state index contributed by atoms with van der Waals surface area (Å²) in [6, 6.07) is 4.96. The Morgan fingerprint density at radius 1 is 1.17 bits per heavy atom. The van der Waals surface area contributed by atoms with E-state index in [1.807, 2.05) is 4.90 Å². The first-order valence-electron chi connectivity index (χ1n) is 8.19. The standard InChI is InChI=1S/C17H20Cl2N2O3/c18-12-3-4-15(14(19)9-12)24-10-16(22)20-13-5-7-21(8-6-13)17(23)11-1-2-11/h3-4,9,11,13H,1-2,5-8,10H2,(H,20,22). The normalized spacial score (nSPS) is 18.3. The highest BCUT2D eigenvalue weighted by Gasteiger charge is 2.35. The molecule has 1 heterocycles. The van der Waals surface area contributed by atoms with Crippen LogP contribution in [0.4, 0.5) is 0 Å². The summed E-state index contributed by atoms with van der Waals surface area (Å²) in [5, 5.41) is 3.85. The van der Waals surface area contributed by atoms with Crippen molar-refractivity contribution in [3.8, 4) is 5.75 Å². The molecule has 0 atom stereocenters. The van der Waals surface area contributed by atoms with Gasteiger partial charge in [-0.15, -0.1) is 0 Å². The Kier molecular flexibility index (Phi) is 5.51. The van der Waals surface area contributed by atoms with Gasteiger partial charge in [0.2, 0.25) is 5.91 Å². The quantitative estimate of drug-likeness (QED) is 0.866. The molecule has 1 aromatic rings. The van der Waals surface area contributed by atoms with E-state index in [4.69, 9.17) is 27.9 Å². The van der Waals surface area contributed by atoms with Gasteiger partial charge >= 0.3 is 0 Å². The molecule has 130 valence electrons. The predicted molar refractivity (Wildman–Crippen MR) is 92.4 cm³/mol. The minimum absolute atomic E-state index is 0.0880. The monoisotopic (exact) mass is 370 g/mol. The van der Waals surface area contributed by atoms with Gasteiger partial charge in [-0.1, -0.05) is 23.2 Å². The summed E-state index contributed by atoms with van der Waals surface area (Å²) in [6.45, 7) is 1.33. The van der Waals surface area contributed by atoms with Gasteiger partial charge in [-0.25, -0.2) is 0 Å². The zero-order valence-corrected chi connectivity index (χ0v) is 14.8. The summed E-state index contributed by atoms with van der Waals surface area (Å²) < 4.78 is 5.43. The molecule has 5 nitrogen and oxygen atoms in total. The van der Waals surface area contributed by atoms with Crippen LogP contribution in [0.15, 0.2) is 18.2 Å². The lowest BCUT2D eigenvalue weighted by molar-refractivity contribution is -0.133. The van der Waals surface area contributed by atoms with Crippen molar-refractivity contribution in [3.63, 3.8) is 0 Å². The molecule has 1 aromatic carbocycles. The van der Waals surface area contributed by atoms with Crippen molar-refractivity contribution < 1.29 is 14.3 Å². The number of piperidine rings is 1. The number of benzene rings is 1. The number of nitrogens with one attached hydrogen (secondary N) is 1. The molecule has 0 bridgehead atoms. The lowest BCUT2D eigenvalue weighted by Crippen LogP contribution is -2.47. The molecule has 1 aliphatic carbocycles. The van der Waals surface area contributed by atoms with Crippen LogP contribution in [0, 0.1) is 5.92 Å². The van der Waals surface area contributed by atoms with E-state index >= 15 is 0 Å². The number of ether oxygens (including phenoxy) is 1. The van der Waals surface area contributed by atoms with E-state index in [-0.39, 0.29) is 30.4 Å². The van der Waals surface area contributed by atoms with E-state index < -0.39 is 0 Å². The Bertz CT molecular complexity index is 626. The van der Waals surface area contributed by atoms with E-state index in [0.717, 1.165) is 25.7 Å². The van der Waals surface area contributed by atoms with Crippen molar-refractivity contribution in [1.29, 1.82) is 0 Å². The molecule has 1 saturated carbocycles. The highest BCUT2D eigenvalue weighted by Crippen LogP contribution is 2.32. The smallest absolute Gasteiger partial charge is 0.258 e. The average molecular weight is 371 g/mol. The molecule has 7 heteroatoms. The third-order valence-electron chi connectivity index (χ3n) is 4.35. The molecular formula is C17H20Cl2N2O3. The number of rotatable bonds is 5. The van der Waals surface area contributed by atoms with Crippen LogP contribution in [-0.4, -0.2) is 42.5 Å². The maximum Gasteiger partial charge on any atom is 0.258 e. The highest BCUT2D eigenvalue weighted by molar-refractivity contribution is 6.35. The van der Waals surface area contributed by atoms with Gasteiger partial charge in [0.15, 0.2) is 6.61 Å². The first-order chi connectivity index (χ1) is 11.5. The summed E-state index contributed by atoms with van der Waals surface area (Å²) in [7, 11) is 0. The second-order valence-electron chi connectivity index (χ2n) is 6.30. The molecule has 0 spiro atoms. The van der Waals surface area contributed by atoms with Crippen molar-refractivity contribution in [2.75, 3.05) is 19.7 Å². The largest absolute Gasteiger partial charge is 0.482 e. The van der Waals surface area contributed by atoms with E-state index in [1.165, 1.54) is 0 Å². The summed E-state index contributed by atoms with van der Waals surface area (Å²) in [5.41, 5.74) is 0. The Balaban J connectivity index is 1.40. The lowest BCUT2D eigenvalue weighted by atomic mass is 10.0. The summed E-state index contributed by atoms with van der Waals surface area (Å²) >= 11 is 11.8. The predicted octanol–water partition coefficient (Wildman–Crippen LogP) is 2.89. The van der Waals surface area contributed by atoms with E-state index in [1.54, 1.807) is 18.2 Å². The molecule has 0 unspecified atom stereocenters. The van der Waals surface area contributed by atoms with Crippen LogP contribution >= 0.6 is 23.2 Å². The van der Waals surface area contributed by atoms with Crippen molar-refractivity contribution in [2.45, 2.75) is 31.7 Å². The maximum absolute atomic E-state index is 12.0. The maximum atomic E-state index is 12.0. The fraction of sp³-hybridized carbons (Fsp3) is 0.529. The number of hydrogen-bond acceptors (Lipinski definition) is 3. The molecule has 0 aromatic heterocycles. The van der Waals surface area contributed by atoms with Crippen LogP contribution in [0.5, 0.6) is 5.75 Å². The average Bonchev–Trinajstić information content (AvgIpc) is 3.39. The number of amides is 2. The number of carbonyl (C=O) groups excluding carboxylic acids is 2. The summed E-state index contributed by atoms with van der Waals surface area (Å²) in [4.78, 5) is 25.9. The van der Waals surface area contributed by atoms with Gasteiger partial charge in [0.25, 0.3) is 5.91 Å². The van der Waals surface area contributed by atoms with Gasteiger partial charge in [0.05, 0.1) is 5.02 Å². The van der Waals surface area contributed by atoms with E-state index in [2.05, 4.69) is 5.32 Å². The highest BCUT2D eigenvalue weighted by atomic mass is 35.5. The van der Waals surface area contributed by atoms with Gasteiger partial charge in [-0.05, 0) is 43.9 Å². The molecule has 0 radical (unpaired) electrons. The van der Waals surface area contributed by atoms with Crippen molar-refractivity contribution >= 4 is 35.0 Å². The second-order valence-corrected chi connectivity index (χ2v) is 7.15. The molecule has 24 heavy (non-hydrogen) atoms. The molecule has 2 amide bonds. The first kappa shape index (κ1) is 17.4. The third-order valence-corrected chi connectivity index (χ3v) is 4.88. The number of halogens is 2. The molecule has 1 saturated heterocycles. The molecule has 1 N–H and O–H groups in total. The lowest BCUT2D eigenvalue weighted by Gasteiger charge is -2.32. The van der Waals surface area contributed by atoms with Gasteiger partial charge < -0.3 is 15.0 Å². The van der Waals surface area contributed by atoms with Crippen molar-refractivity contribution in [3.05, 3.63) is 28.2 Å². The van der Waals surface area contributed by atoms with E-state index in [9.17, 15) is 9.59 Å². The minimum atomic E-state index is -0.187. The van der Waals surface area contributed by atoms with Crippen LogP contribution in [0.1, 0.15) is 25.7 Å². The zero-order valence-electron chi connectivity index (χ0n) is 13.3. The topological polar surface area (TPSA) is 58.6 Å². The Morgan fingerprint density at radius 3 is 2.50 bits per heavy atom. The second kappa shape index (κ2) is 7.62. The fourth-order valence-corrected chi connectivity index (χ4v) is 3.30. The van der Waals surface area contributed by atoms with E-state index in [0.29, 0.717) is 28.9 Å². The number of likely N-dealkylation sites (tertiary alicyclic amines) is 1. The van der Waals surface area contributed by atoms with Crippen LogP contribution in [0.2, 0.25) is 10.0 Å². The SMILES string of the molecule is O=C(COc1ccc(Cl)cc1Cl)NC1CCN(C(=O)C2CC2)CC1. The Labute approximate surface area is 151 Å². The van der Waals surface area contributed by atoms with Crippen molar-refractivity contribution in [2.24, 2.45) is 5.92 Å². The molecule has 3 rings (SSSR count). The number of hydrogen-bond donors (Lipinski definition) is 1. The van der Waals surface area contributed by atoms with Crippen LogP contribution in [-0.2, 0) is 9.59 Å². The number of nitrogens with zero attached hydrogens (tertiary/aromatic N) is 1. The van der Waals surface area contributed by atoms with Gasteiger partial charge in [-0.2, -0.15) is 0 Å². The summed E-state index contributed by atoms with van der Waals surface area (Å²) in [6.07, 6.45) is 3.62. The van der Waals surface area contributed by atoms with Gasteiger partial charge in [-0.3, -0.25) is 9.59 Å². The van der Waals surface area contributed by atoms with Crippen LogP contribution in [0.3, 0.4) is 0 Å².